The van der Waals surface area contributed by atoms with Crippen molar-refractivity contribution in [1.82, 2.24) is 14.7 Å². The summed E-state index contributed by atoms with van der Waals surface area (Å²) in [4.78, 5) is 29.0. The van der Waals surface area contributed by atoms with E-state index in [9.17, 15) is 9.59 Å². The van der Waals surface area contributed by atoms with Crippen LogP contribution in [0.5, 0.6) is 0 Å². The van der Waals surface area contributed by atoms with Gasteiger partial charge in [0.25, 0.3) is 0 Å². The Labute approximate surface area is 173 Å². The summed E-state index contributed by atoms with van der Waals surface area (Å²) < 4.78 is 7.28. The fraction of sp³-hybridized carbons (Fsp3) is 0.737. The summed E-state index contributed by atoms with van der Waals surface area (Å²) in [6.07, 6.45) is 8.08. The number of rotatable bonds is 3. The van der Waals surface area contributed by atoms with E-state index in [1.54, 1.807) is 11.0 Å². The van der Waals surface area contributed by atoms with Gasteiger partial charge in [0.1, 0.15) is 5.60 Å². The molecule has 8 heteroatoms. The number of aromatic nitrogens is 2. The third-order valence-electron chi connectivity index (χ3n) is 4.41. The van der Waals surface area contributed by atoms with Crippen molar-refractivity contribution in [2.45, 2.75) is 77.5 Å². The van der Waals surface area contributed by atoms with E-state index in [-0.39, 0.29) is 30.5 Å². The molecule has 0 N–H and O–H groups in total. The number of carbonyl (C=O) groups excluding carboxylic acids is 2. The van der Waals surface area contributed by atoms with E-state index in [0.717, 1.165) is 5.56 Å². The van der Waals surface area contributed by atoms with Gasteiger partial charge in [-0.05, 0) is 60.8 Å². The van der Waals surface area contributed by atoms with E-state index in [1.165, 1.54) is 0 Å². The van der Waals surface area contributed by atoms with Gasteiger partial charge < -0.3 is 19.4 Å². The van der Waals surface area contributed by atoms with Gasteiger partial charge in [0, 0.05) is 18.6 Å². The molecule has 1 aliphatic rings. The van der Waals surface area contributed by atoms with Crippen LogP contribution in [-0.2, 0) is 21.5 Å². The van der Waals surface area contributed by atoms with E-state index in [2.05, 4.69) is 37.1 Å². The first-order valence-electron chi connectivity index (χ1n) is 8.98. The zero-order chi connectivity index (χ0) is 19.6. The van der Waals surface area contributed by atoms with Gasteiger partial charge in [-0.2, -0.15) is 10.6 Å². The molecule has 0 aromatic carbocycles. The second-order valence-electron chi connectivity index (χ2n) is 8.95. The molecule has 1 saturated heterocycles. The maximum Gasteiger partial charge on any atom is 1.00 e. The second-order valence-corrected chi connectivity index (χ2v) is 8.95. The minimum atomic E-state index is -0.567. The molecule has 0 atom stereocenters. The van der Waals surface area contributed by atoms with E-state index in [0.29, 0.717) is 32.4 Å². The van der Waals surface area contributed by atoms with Crippen LogP contribution in [0, 0.1) is 6.20 Å². The first-order chi connectivity index (χ1) is 11.9. The van der Waals surface area contributed by atoms with Crippen LogP contribution in [0.1, 0.15) is 59.9 Å². The Balaban J connectivity index is 0.00000364. The standard InChI is InChI=1S/C19H29N4O3.Li/c1-17(2,3)23-13-15(12-21-23)11-19(20-14-24)7-9-22(10-8-19)16(25)26-18(4,5)6;/h13H,7-11H2,1-6H3;/q-1;+1. The number of aliphatic imine (C=N–C) groups is 1. The number of hydrogen-bond donors (Lipinski definition) is 0. The zero-order valence-electron chi connectivity index (χ0n) is 17.6. The van der Waals surface area contributed by atoms with Gasteiger partial charge >= 0.3 is 25.0 Å². The van der Waals surface area contributed by atoms with Crippen molar-refractivity contribution in [1.29, 1.82) is 0 Å². The van der Waals surface area contributed by atoms with Gasteiger partial charge in [-0.1, -0.05) is 0 Å². The van der Waals surface area contributed by atoms with Crippen LogP contribution in [0.15, 0.2) is 11.2 Å². The molecule has 1 aliphatic heterocycles. The van der Waals surface area contributed by atoms with Gasteiger partial charge in [0.2, 0.25) is 6.08 Å². The average Bonchev–Trinajstić information content (AvgIpc) is 2.95. The largest absolute Gasteiger partial charge is 1.00 e. The number of hydrogen-bond acceptors (Lipinski definition) is 5. The number of piperidine rings is 1. The molecule has 2 heterocycles. The number of ether oxygens (including phenoxy) is 1. The molecule has 0 aliphatic carbocycles. The summed E-state index contributed by atoms with van der Waals surface area (Å²) in [7, 11) is 0. The van der Waals surface area contributed by atoms with Gasteiger partial charge in [-0.15, -0.1) is 12.4 Å². The van der Waals surface area contributed by atoms with Crippen molar-refractivity contribution in [2.75, 3.05) is 13.1 Å². The number of amides is 1. The molecule has 7 nitrogen and oxygen atoms in total. The molecule has 27 heavy (non-hydrogen) atoms. The quantitative estimate of drug-likeness (QED) is 0.328. The Hall–Kier alpha value is -1.54. The zero-order valence-corrected chi connectivity index (χ0v) is 17.6. The van der Waals surface area contributed by atoms with Crippen molar-refractivity contribution >= 4 is 12.2 Å². The van der Waals surface area contributed by atoms with Crippen molar-refractivity contribution in [3.63, 3.8) is 0 Å². The normalized spacial score (nSPS) is 16.9. The first kappa shape index (κ1) is 23.5. The molecule has 0 bridgehead atoms. The molecule has 144 valence electrons. The predicted octanol–water partition coefficient (Wildman–Crippen LogP) is 0.0903. The summed E-state index contributed by atoms with van der Waals surface area (Å²) in [6, 6.07) is 0. The molecule has 1 aromatic heterocycles. The molecule has 2 rings (SSSR count). The van der Waals surface area contributed by atoms with E-state index < -0.39 is 11.1 Å². The summed E-state index contributed by atoms with van der Waals surface area (Å²) in [6.45, 7) is 12.7. The molecular formula is C19H29LiN4O3. The maximum atomic E-state index is 12.2. The maximum absolute atomic E-state index is 12.2. The van der Waals surface area contributed by atoms with Crippen LogP contribution < -0.4 is 18.9 Å². The minimum Gasteiger partial charge on any atom is -0.444 e. The monoisotopic (exact) mass is 368 g/mol. The topological polar surface area (TPSA) is 76.8 Å². The predicted molar refractivity (Wildman–Crippen MR) is 97.7 cm³/mol. The Bertz CT molecular complexity index is 689. The van der Waals surface area contributed by atoms with Crippen LogP contribution in [0.4, 0.5) is 4.79 Å². The molecule has 0 radical (unpaired) electrons. The van der Waals surface area contributed by atoms with Crippen LogP contribution in [0.3, 0.4) is 0 Å². The Morgan fingerprint density at radius 3 is 2.33 bits per heavy atom. The third-order valence-corrected chi connectivity index (χ3v) is 4.41. The average molecular weight is 368 g/mol. The molecule has 0 saturated carbocycles. The van der Waals surface area contributed by atoms with Crippen LogP contribution in [-0.4, -0.2) is 51.1 Å². The molecule has 1 amide bonds. The molecular weight excluding hydrogens is 339 g/mol. The van der Waals surface area contributed by atoms with Crippen molar-refractivity contribution in [3.05, 3.63) is 18.0 Å². The van der Waals surface area contributed by atoms with Crippen LogP contribution in [0.2, 0.25) is 0 Å². The summed E-state index contributed by atoms with van der Waals surface area (Å²) in [5.74, 6) is 0. The van der Waals surface area contributed by atoms with Crippen molar-refractivity contribution < 1.29 is 33.2 Å². The Morgan fingerprint density at radius 1 is 1.30 bits per heavy atom. The number of likely N-dealkylation sites (tertiary alicyclic amines) is 1. The molecule has 1 aromatic rings. The third kappa shape index (κ3) is 6.53. The van der Waals surface area contributed by atoms with Crippen molar-refractivity contribution in [2.24, 2.45) is 4.99 Å². The molecule has 1 fully saturated rings. The summed E-state index contributed by atoms with van der Waals surface area (Å²) in [5.41, 5.74) is -0.314. The molecule has 0 spiro atoms. The van der Waals surface area contributed by atoms with Gasteiger partial charge in [0.05, 0.1) is 5.54 Å². The smallest absolute Gasteiger partial charge is 0.444 e. The second kappa shape index (κ2) is 8.64. The Morgan fingerprint density at radius 2 is 1.89 bits per heavy atom. The van der Waals surface area contributed by atoms with Crippen LogP contribution in [0.25, 0.3) is 0 Å². The van der Waals surface area contributed by atoms with Gasteiger partial charge in [0.15, 0.2) is 0 Å². The first-order valence-corrected chi connectivity index (χ1v) is 8.98. The SMILES string of the molecule is CC(C)(C)OC(=O)N1CCC(Cc2[c-]nn(C(C)(C)C)c2)(N=C=O)CC1.[Li+]. The van der Waals surface area contributed by atoms with Gasteiger partial charge in [-0.3, -0.25) is 0 Å². The van der Waals surface area contributed by atoms with E-state index in [4.69, 9.17) is 4.74 Å². The summed E-state index contributed by atoms with van der Waals surface area (Å²) >= 11 is 0. The fourth-order valence-electron chi connectivity index (χ4n) is 2.96. The van der Waals surface area contributed by atoms with E-state index >= 15 is 0 Å². The van der Waals surface area contributed by atoms with E-state index in [1.807, 2.05) is 31.6 Å². The van der Waals surface area contributed by atoms with Crippen LogP contribution >= 0.6 is 0 Å². The minimum absolute atomic E-state index is 0. The Kier molecular flexibility index (Phi) is 7.52. The fourth-order valence-corrected chi connectivity index (χ4v) is 2.96. The number of carbonyl (C=O) groups is 1. The van der Waals surface area contributed by atoms with Crippen molar-refractivity contribution in [3.8, 4) is 0 Å². The number of isocyanates is 1. The van der Waals surface area contributed by atoms with Gasteiger partial charge in [-0.25, -0.2) is 9.59 Å². The molecule has 0 unspecified atom stereocenters. The number of nitrogens with zero attached hydrogens (tertiary/aromatic N) is 4. The summed E-state index contributed by atoms with van der Waals surface area (Å²) in [5, 5.41) is 4.29.